The van der Waals surface area contributed by atoms with Crippen LogP contribution in [-0.2, 0) is 29.2 Å². The number of anilines is 2. The number of pyridine rings is 1. The van der Waals surface area contributed by atoms with Gasteiger partial charge in [0, 0.05) is 46.0 Å². The minimum atomic E-state index is -1.17. The molecule has 0 unspecified atom stereocenters. The van der Waals surface area contributed by atoms with Gasteiger partial charge in [0.1, 0.15) is 16.8 Å². The van der Waals surface area contributed by atoms with Crippen LogP contribution in [0, 0.1) is 12.3 Å². The Morgan fingerprint density at radius 1 is 0.884 bits per heavy atom. The van der Waals surface area contributed by atoms with Crippen molar-refractivity contribution in [3.8, 4) is 11.5 Å². The molecule has 2 aliphatic heterocycles. The number of rotatable bonds is 8. The molecule has 0 spiro atoms. The highest BCUT2D eigenvalue weighted by atomic mass is 16.7. The number of fused-ring (bicyclic) bond motifs is 3. The van der Waals surface area contributed by atoms with Gasteiger partial charge in [0.25, 0.3) is 5.56 Å². The number of hydrogen-bond acceptors (Lipinski definition) is 7. The number of carbonyl (C=O) groups is 2. The third kappa shape index (κ3) is 5.16. The lowest BCUT2D eigenvalue weighted by molar-refractivity contribution is -0.137. The zero-order chi connectivity index (χ0) is 30.5. The molecule has 0 N–H and O–H groups in total. The molecule has 4 aromatic rings. The molecule has 10 nitrogen and oxygen atoms in total. The van der Waals surface area contributed by atoms with Crippen LogP contribution in [-0.4, -0.2) is 48.2 Å². The molecule has 0 saturated carbocycles. The van der Waals surface area contributed by atoms with Crippen LogP contribution in [0.1, 0.15) is 37.7 Å². The maximum Gasteiger partial charge on any atom is 0.261 e. The molecule has 0 bridgehead atoms. The Morgan fingerprint density at radius 2 is 1.60 bits per heavy atom. The van der Waals surface area contributed by atoms with E-state index in [9.17, 15) is 14.4 Å². The van der Waals surface area contributed by atoms with Gasteiger partial charge in [-0.3, -0.25) is 19.3 Å². The van der Waals surface area contributed by atoms with Crippen molar-refractivity contribution in [2.45, 2.75) is 47.3 Å². The summed E-state index contributed by atoms with van der Waals surface area (Å²) in [5.74, 6) is 1.69. The lowest BCUT2D eigenvalue weighted by atomic mass is 9.90. The number of aryl methyl sites for hydroxylation is 1. The fourth-order valence-corrected chi connectivity index (χ4v) is 5.94. The molecule has 4 heterocycles. The Labute approximate surface area is 250 Å². The maximum atomic E-state index is 13.4. The van der Waals surface area contributed by atoms with Crippen LogP contribution in [0.25, 0.3) is 11.0 Å². The summed E-state index contributed by atoms with van der Waals surface area (Å²) in [6.45, 7) is 9.97. The summed E-state index contributed by atoms with van der Waals surface area (Å²) in [7, 11) is 1.73. The van der Waals surface area contributed by atoms with Gasteiger partial charge in [-0.1, -0.05) is 12.1 Å². The van der Waals surface area contributed by atoms with Gasteiger partial charge < -0.3 is 28.3 Å². The molecule has 2 aliphatic rings. The van der Waals surface area contributed by atoms with Gasteiger partial charge in [0.2, 0.25) is 18.6 Å². The Bertz CT molecular complexity index is 1790. The highest BCUT2D eigenvalue weighted by Crippen LogP contribution is 2.39. The highest BCUT2D eigenvalue weighted by Gasteiger charge is 2.45. The molecule has 0 fully saturated rings. The molecule has 2 aromatic heterocycles. The Morgan fingerprint density at radius 3 is 2.37 bits per heavy atom. The van der Waals surface area contributed by atoms with Crippen LogP contribution in [0.5, 0.6) is 11.5 Å². The lowest BCUT2D eigenvalue weighted by Crippen LogP contribution is -2.47. The molecule has 0 aliphatic carbocycles. The van der Waals surface area contributed by atoms with Gasteiger partial charge in [0.15, 0.2) is 11.5 Å². The summed E-state index contributed by atoms with van der Waals surface area (Å²) in [4.78, 5) is 45.4. The smallest absolute Gasteiger partial charge is 0.261 e. The van der Waals surface area contributed by atoms with Crippen LogP contribution in [0.2, 0.25) is 0 Å². The first-order valence-electron chi connectivity index (χ1n) is 14.5. The van der Waals surface area contributed by atoms with Crippen molar-refractivity contribution >= 4 is 34.2 Å². The number of ether oxygens (including phenoxy) is 2. The number of benzene rings is 2. The molecule has 10 heteroatoms. The molecule has 0 atom stereocenters. The molecule has 2 amide bonds. The van der Waals surface area contributed by atoms with Gasteiger partial charge in [0.05, 0.1) is 16.8 Å². The van der Waals surface area contributed by atoms with E-state index in [0.29, 0.717) is 60.9 Å². The summed E-state index contributed by atoms with van der Waals surface area (Å²) in [5.41, 5.74) is 2.77. The van der Waals surface area contributed by atoms with E-state index in [-0.39, 0.29) is 24.2 Å². The molecule has 224 valence electrons. The minimum absolute atomic E-state index is 0.0884. The zero-order valence-electron chi connectivity index (χ0n) is 25.2. The topological polar surface area (TPSA) is 97.5 Å². The number of hydrogen-bond donors (Lipinski definition) is 0. The lowest BCUT2D eigenvalue weighted by Gasteiger charge is -2.27. The monoisotopic (exact) mass is 584 g/mol. The quantitative estimate of drug-likeness (QED) is 0.277. The van der Waals surface area contributed by atoms with E-state index < -0.39 is 5.41 Å². The summed E-state index contributed by atoms with van der Waals surface area (Å²) >= 11 is 0. The van der Waals surface area contributed by atoms with Crippen LogP contribution in [0.4, 0.5) is 11.4 Å². The highest BCUT2D eigenvalue weighted by molar-refractivity contribution is 6.19. The molecule has 0 radical (unpaired) electrons. The van der Waals surface area contributed by atoms with Gasteiger partial charge in [-0.2, -0.15) is 0 Å². The van der Waals surface area contributed by atoms with Crippen molar-refractivity contribution in [1.29, 1.82) is 0 Å². The van der Waals surface area contributed by atoms with Crippen molar-refractivity contribution in [3.63, 3.8) is 0 Å². The SMILES string of the molecule is CCN1C(=O)C(C)(C)C(=O)N(C)c2cc(CN(CCn3ccc4oc(C)cc4c3=O)Cc3ccc4c(c3)OCO4)ccc21. The molecule has 43 heavy (non-hydrogen) atoms. The average Bonchev–Trinajstić information content (AvgIpc) is 3.61. The predicted molar refractivity (Wildman–Crippen MR) is 164 cm³/mol. The second-order valence-electron chi connectivity index (χ2n) is 11.7. The first-order valence-corrected chi connectivity index (χ1v) is 14.5. The van der Waals surface area contributed by atoms with Crippen LogP contribution >= 0.6 is 0 Å². The number of carbonyl (C=O) groups excluding carboxylic acids is 2. The van der Waals surface area contributed by atoms with Crippen LogP contribution in [0.15, 0.2) is 63.9 Å². The van der Waals surface area contributed by atoms with Crippen molar-refractivity contribution < 1.29 is 23.5 Å². The maximum absolute atomic E-state index is 13.4. The molecule has 0 saturated heterocycles. The normalized spacial score (nSPS) is 15.9. The van der Waals surface area contributed by atoms with Gasteiger partial charge in [-0.15, -0.1) is 0 Å². The molecule has 2 aromatic carbocycles. The minimum Gasteiger partial charge on any atom is -0.461 e. The first kappa shape index (κ1) is 28.5. The average molecular weight is 585 g/mol. The molecule has 6 rings (SSSR count). The summed E-state index contributed by atoms with van der Waals surface area (Å²) in [6, 6.07) is 15.4. The van der Waals surface area contributed by atoms with Crippen LogP contribution < -0.4 is 24.8 Å². The molecular formula is C33H36N4O6. The van der Waals surface area contributed by atoms with E-state index >= 15 is 0 Å². The second-order valence-corrected chi connectivity index (χ2v) is 11.7. The van der Waals surface area contributed by atoms with E-state index in [0.717, 1.165) is 22.6 Å². The third-order valence-corrected chi connectivity index (χ3v) is 8.31. The summed E-state index contributed by atoms with van der Waals surface area (Å²) in [5, 5.41) is 0.568. The van der Waals surface area contributed by atoms with Gasteiger partial charge >= 0.3 is 0 Å². The summed E-state index contributed by atoms with van der Waals surface area (Å²) in [6.07, 6.45) is 1.77. The van der Waals surface area contributed by atoms with E-state index in [1.807, 2.05) is 56.3 Å². The van der Waals surface area contributed by atoms with E-state index in [2.05, 4.69) is 4.90 Å². The Balaban J connectivity index is 1.31. The third-order valence-electron chi connectivity index (χ3n) is 8.31. The number of amides is 2. The fraction of sp³-hybridized carbons (Fsp3) is 0.364. The second kappa shape index (κ2) is 10.9. The zero-order valence-corrected chi connectivity index (χ0v) is 25.2. The fourth-order valence-electron chi connectivity index (χ4n) is 5.94. The van der Waals surface area contributed by atoms with Crippen LogP contribution in [0.3, 0.4) is 0 Å². The van der Waals surface area contributed by atoms with E-state index in [1.54, 1.807) is 47.5 Å². The largest absolute Gasteiger partial charge is 0.461 e. The van der Waals surface area contributed by atoms with Gasteiger partial charge in [-0.25, -0.2) is 0 Å². The van der Waals surface area contributed by atoms with Crippen molar-refractivity contribution in [2.75, 3.05) is 36.7 Å². The van der Waals surface area contributed by atoms with Gasteiger partial charge in [-0.05, 0) is 75.2 Å². The summed E-state index contributed by atoms with van der Waals surface area (Å²) < 4.78 is 18.4. The Hall–Kier alpha value is -4.57. The van der Waals surface area contributed by atoms with E-state index in [4.69, 9.17) is 13.9 Å². The van der Waals surface area contributed by atoms with Crippen molar-refractivity contribution in [3.05, 3.63) is 82.0 Å². The number of furan rings is 1. The standard InChI is InChI=1S/C33H36N4O6/c1-6-37-25-9-7-22(16-26(25)34(5)31(39)33(3,4)32(37)40)18-35(19-23-8-10-28-29(17-23)42-20-41-28)13-14-36-12-11-27-24(30(36)38)15-21(2)43-27/h7-12,15-17H,6,13-14,18-20H2,1-5H3. The predicted octanol–water partition coefficient (Wildman–Crippen LogP) is 4.69. The first-order chi connectivity index (χ1) is 20.6. The molecular weight excluding hydrogens is 548 g/mol. The number of aromatic nitrogens is 1. The Kier molecular flexibility index (Phi) is 7.25. The van der Waals surface area contributed by atoms with E-state index in [1.165, 1.54) is 0 Å². The van der Waals surface area contributed by atoms with Crippen molar-refractivity contribution in [2.24, 2.45) is 5.41 Å². The van der Waals surface area contributed by atoms with Crippen molar-refractivity contribution in [1.82, 2.24) is 9.47 Å². The number of nitrogens with zero attached hydrogens (tertiary/aromatic N) is 4.